The van der Waals surface area contributed by atoms with Crippen molar-refractivity contribution in [1.29, 1.82) is 0 Å². The van der Waals surface area contributed by atoms with E-state index in [1.54, 1.807) is 17.2 Å². The highest BCUT2D eigenvalue weighted by molar-refractivity contribution is 5.68. The maximum absolute atomic E-state index is 12.7. The Morgan fingerprint density at radius 1 is 1.12 bits per heavy atom. The Morgan fingerprint density at radius 3 is 2.76 bits per heavy atom. The molecule has 0 bridgehead atoms. The van der Waals surface area contributed by atoms with E-state index in [0.29, 0.717) is 24.2 Å². The zero-order valence-electron chi connectivity index (χ0n) is 13.6. The van der Waals surface area contributed by atoms with Crippen molar-refractivity contribution >= 4 is 11.7 Å². The van der Waals surface area contributed by atoms with Crippen LogP contribution in [0.15, 0.2) is 59.5 Å². The van der Waals surface area contributed by atoms with Gasteiger partial charge in [0.15, 0.2) is 0 Å². The van der Waals surface area contributed by atoms with Crippen molar-refractivity contribution in [3.8, 4) is 0 Å². The highest BCUT2D eigenvalue weighted by atomic mass is 16.6. The van der Waals surface area contributed by atoms with E-state index >= 15 is 0 Å². The van der Waals surface area contributed by atoms with E-state index in [2.05, 4.69) is 4.98 Å². The first kappa shape index (κ1) is 15.4. The molecule has 6 nitrogen and oxygen atoms in total. The van der Waals surface area contributed by atoms with Crippen LogP contribution in [0.5, 0.6) is 0 Å². The lowest BCUT2D eigenvalue weighted by molar-refractivity contribution is 0.0914. The second kappa shape index (κ2) is 6.39. The van der Waals surface area contributed by atoms with Crippen molar-refractivity contribution in [1.82, 2.24) is 14.3 Å². The second-order valence-corrected chi connectivity index (χ2v) is 5.98. The molecule has 126 valence electrons. The van der Waals surface area contributed by atoms with Crippen molar-refractivity contribution in [3.63, 3.8) is 0 Å². The fourth-order valence-corrected chi connectivity index (χ4v) is 3.01. The Hall–Kier alpha value is -3.15. The van der Waals surface area contributed by atoms with Gasteiger partial charge in [-0.1, -0.05) is 36.4 Å². The quantitative estimate of drug-likeness (QED) is 0.721. The third kappa shape index (κ3) is 2.98. The van der Waals surface area contributed by atoms with Gasteiger partial charge >= 0.3 is 6.09 Å². The number of fused-ring (bicyclic) bond motifs is 2. The minimum Gasteiger partial charge on any atom is -0.445 e. The first-order valence-corrected chi connectivity index (χ1v) is 8.17. The van der Waals surface area contributed by atoms with Crippen LogP contribution in [0.25, 0.3) is 5.65 Å². The number of benzene rings is 1. The summed E-state index contributed by atoms with van der Waals surface area (Å²) < 4.78 is 6.88. The van der Waals surface area contributed by atoms with Gasteiger partial charge in [-0.2, -0.15) is 0 Å². The molecule has 3 aromatic rings. The van der Waals surface area contributed by atoms with Crippen molar-refractivity contribution in [2.45, 2.75) is 19.6 Å². The summed E-state index contributed by atoms with van der Waals surface area (Å²) in [4.78, 5) is 31.1. The molecule has 1 aliphatic heterocycles. The summed E-state index contributed by atoms with van der Waals surface area (Å²) >= 11 is 0. The minimum atomic E-state index is -0.410. The van der Waals surface area contributed by atoms with Crippen LogP contribution in [-0.4, -0.2) is 26.9 Å². The normalized spacial score (nSPS) is 13.5. The standard InChI is InChI=1S/C19H17N3O3/c23-18-15-12-21(19(24)25-13-14-6-2-1-3-7-14)11-9-16(15)20-17-8-4-5-10-22(17)18/h1-8,10H,9,11-13H2. The first-order valence-electron chi connectivity index (χ1n) is 8.17. The fraction of sp³-hybridized carbons (Fsp3) is 0.211. The van der Waals surface area contributed by atoms with Gasteiger partial charge in [0.1, 0.15) is 12.3 Å². The highest BCUT2D eigenvalue weighted by Crippen LogP contribution is 2.16. The first-order chi connectivity index (χ1) is 12.2. The maximum Gasteiger partial charge on any atom is 0.410 e. The average molecular weight is 335 g/mol. The average Bonchev–Trinajstić information content (AvgIpc) is 2.67. The number of pyridine rings is 1. The van der Waals surface area contributed by atoms with E-state index in [9.17, 15) is 9.59 Å². The lowest BCUT2D eigenvalue weighted by Crippen LogP contribution is -2.40. The molecule has 6 heteroatoms. The lowest BCUT2D eigenvalue weighted by Gasteiger charge is -2.27. The molecule has 0 N–H and O–H groups in total. The molecule has 0 spiro atoms. The number of ether oxygens (including phenoxy) is 1. The number of carbonyl (C=O) groups is 1. The van der Waals surface area contributed by atoms with Gasteiger partial charge in [-0.05, 0) is 17.7 Å². The molecule has 0 fully saturated rings. The molecule has 4 rings (SSSR count). The molecule has 1 amide bonds. The van der Waals surface area contributed by atoms with Gasteiger partial charge in [0, 0.05) is 19.2 Å². The van der Waals surface area contributed by atoms with Crippen molar-refractivity contribution in [3.05, 3.63) is 81.9 Å². The molecule has 1 aliphatic rings. The topological polar surface area (TPSA) is 63.9 Å². The van der Waals surface area contributed by atoms with Crippen LogP contribution < -0.4 is 5.56 Å². The number of carbonyl (C=O) groups excluding carboxylic acids is 1. The second-order valence-electron chi connectivity index (χ2n) is 5.98. The van der Waals surface area contributed by atoms with Gasteiger partial charge in [-0.3, -0.25) is 9.20 Å². The molecule has 1 aromatic carbocycles. The molecule has 0 atom stereocenters. The summed E-state index contributed by atoms with van der Waals surface area (Å²) in [6.07, 6.45) is 1.83. The van der Waals surface area contributed by atoms with Crippen LogP contribution in [-0.2, 0) is 24.3 Å². The summed E-state index contributed by atoms with van der Waals surface area (Å²) in [7, 11) is 0. The van der Waals surface area contributed by atoms with Crippen LogP contribution in [0.4, 0.5) is 4.79 Å². The van der Waals surface area contributed by atoms with Gasteiger partial charge in [0.2, 0.25) is 0 Å². The Morgan fingerprint density at radius 2 is 1.92 bits per heavy atom. The van der Waals surface area contributed by atoms with E-state index in [-0.39, 0.29) is 18.7 Å². The van der Waals surface area contributed by atoms with Crippen LogP contribution in [0, 0.1) is 0 Å². The Labute approximate surface area is 144 Å². The molecule has 0 saturated carbocycles. The van der Waals surface area contributed by atoms with Crippen LogP contribution >= 0.6 is 0 Å². The zero-order valence-corrected chi connectivity index (χ0v) is 13.6. The van der Waals surface area contributed by atoms with E-state index < -0.39 is 6.09 Å². The monoisotopic (exact) mass is 335 g/mol. The predicted molar refractivity (Wildman–Crippen MR) is 92.2 cm³/mol. The molecule has 25 heavy (non-hydrogen) atoms. The van der Waals surface area contributed by atoms with Gasteiger partial charge in [-0.25, -0.2) is 9.78 Å². The van der Waals surface area contributed by atoms with E-state index in [4.69, 9.17) is 4.74 Å². The van der Waals surface area contributed by atoms with Crippen LogP contribution in [0.2, 0.25) is 0 Å². The number of hydrogen-bond acceptors (Lipinski definition) is 4. The smallest absolute Gasteiger partial charge is 0.410 e. The molecular weight excluding hydrogens is 318 g/mol. The molecular formula is C19H17N3O3. The summed E-state index contributed by atoms with van der Waals surface area (Å²) in [6.45, 7) is 0.945. The summed E-state index contributed by atoms with van der Waals surface area (Å²) in [5.74, 6) is 0. The fourth-order valence-electron chi connectivity index (χ4n) is 3.01. The van der Waals surface area contributed by atoms with E-state index in [0.717, 1.165) is 11.3 Å². The molecule has 0 saturated heterocycles. The Balaban J connectivity index is 1.53. The van der Waals surface area contributed by atoms with Crippen molar-refractivity contribution in [2.24, 2.45) is 0 Å². The minimum absolute atomic E-state index is 0.124. The van der Waals surface area contributed by atoms with Gasteiger partial charge in [0.05, 0.1) is 17.8 Å². The predicted octanol–water partition coefficient (Wildman–Crippen LogP) is 2.39. The number of hydrogen-bond donors (Lipinski definition) is 0. The molecule has 3 heterocycles. The van der Waals surface area contributed by atoms with Gasteiger partial charge in [0.25, 0.3) is 5.56 Å². The molecule has 0 radical (unpaired) electrons. The summed E-state index contributed by atoms with van der Waals surface area (Å²) in [6, 6.07) is 15.0. The summed E-state index contributed by atoms with van der Waals surface area (Å²) in [5.41, 5.74) is 2.77. The van der Waals surface area contributed by atoms with E-state index in [1.807, 2.05) is 42.5 Å². The molecule has 0 unspecified atom stereocenters. The van der Waals surface area contributed by atoms with Gasteiger partial charge in [-0.15, -0.1) is 0 Å². The maximum atomic E-state index is 12.7. The number of amides is 1. The lowest BCUT2D eigenvalue weighted by atomic mass is 10.1. The van der Waals surface area contributed by atoms with Crippen molar-refractivity contribution < 1.29 is 9.53 Å². The third-order valence-corrected chi connectivity index (χ3v) is 4.34. The highest BCUT2D eigenvalue weighted by Gasteiger charge is 2.25. The number of aromatic nitrogens is 2. The van der Waals surface area contributed by atoms with Crippen LogP contribution in [0.3, 0.4) is 0 Å². The van der Waals surface area contributed by atoms with Crippen LogP contribution in [0.1, 0.15) is 16.8 Å². The van der Waals surface area contributed by atoms with E-state index in [1.165, 1.54) is 4.40 Å². The third-order valence-electron chi connectivity index (χ3n) is 4.34. The SMILES string of the molecule is O=C(OCc1ccccc1)N1CCc2nc3ccccn3c(=O)c2C1. The number of rotatable bonds is 2. The molecule has 0 aliphatic carbocycles. The number of nitrogens with zero attached hydrogens (tertiary/aromatic N) is 3. The van der Waals surface area contributed by atoms with Crippen molar-refractivity contribution in [2.75, 3.05) is 6.54 Å². The summed E-state index contributed by atoms with van der Waals surface area (Å²) in [5, 5.41) is 0. The Bertz CT molecular complexity index is 982. The largest absolute Gasteiger partial charge is 0.445 e. The zero-order chi connectivity index (χ0) is 17.2. The Kier molecular flexibility index (Phi) is 3.93. The van der Waals surface area contributed by atoms with Gasteiger partial charge < -0.3 is 9.64 Å². The molecule has 2 aromatic heterocycles.